The molecule has 0 aliphatic heterocycles. The van der Waals surface area contributed by atoms with Gasteiger partial charge in [-0.1, -0.05) is 5.16 Å². The SMILES string of the molecule is COCc1cc(COc2cccnc2F)no1. The summed E-state index contributed by atoms with van der Waals surface area (Å²) < 4.78 is 28.2. The summed E-state index contributed by atoms with van der Waals surface area (Å²) in [5.41, 5.74) is 0.570. The van der Waals surface area contributed by atoms with Crippen molar-refractivity contribution in [1.29, 1.82) is 0 Å². The summed E-state index contributed by atoms with van der Waals surface area (Å²) in [5.74, 6) is 0.0367. The molecule has 0 amide bonds. The summed E-state index contributed by atoms with van der Waals surface area (Å²) in [6.45, 7) is 0.462. The second-order valence-electron chi connectivity index (χ2n) is 3.30. The van der Waals surface area contributed by atoms with Crippen LogP contribution >= 0.6 is 0 Å². The maximum atomic E-state index is 13.1. The maximum Gasteiger partial charge on any atom is 0.255 e. The molecule has 0 saturated heterocycles. The number of hydrogen-bond donors (Lipinski definition) is 0. The second-order valence-corrected chi connectivity index (χ2v) is 3.30. The molecule has 0 spiro atoms. The van der Waals surface area contributed by atoms with Crippen LogP contribution in [0.15, 0.2) is 28.9 Å². The molecule has 90 valence electrons. The van der Waals surface area contributed by atoms with Gasteiger partial charge in [0.15, 0.2) is 11.5 Å². The summed E-state index contributed by atoms with van der Waals surface area (Å²) in [6, 6.07) is 4.79. The number of halogens is 1. The first-order valence-electron chi connectivity index (χ1n) is 4.96. The van der Waals surface area contributed by atoms with Crippen molar-refractivity contribution >= 4 is 0 Å². The number of ether oxygens (including phenoxy) is 2. The first-order valence-corrected chi connectivity index (χ1v) is 4.96. The highest BCUT2D eigenvalue weighted by molar-refractivity contribution is 5.18. The zero-order valence-electron chi connectivity index (χ0n) is 9.22. The van der Waals surface area contributed by atoms with E-state index in [1.807, 2.05) is 0 Å². The van der Waals surface area contributed by atoms with Gasteiger partial charge in [0.25, 0.3) is 5.95 Å². The van der Waals surface area contributed by atoms with Gasteiger partial charge in [0.2, 0.25) is 0 Å². The van der Waals surface area contributed by atoms with Crippen LogP contribution in [0.5, 0.6) is 5.75 Å². The lowest BCUT2D eigenvalue weighted by molar-refractivity contribution is 0.155. The van der Waals surface area contributed by atoms with Crippen LogP contribution in [0.25, 0.3) is 0 Å². The molecule has 2 rings (SSSR count). The molecule has 0 saturated carbocycles. The lowest BCUT2D eigenvalue weighted by Gasteiger charge is -2.02. The number of aromatic nitrogens is 2. The first-order chi connectivity index (χ1) is 8.29. The van der Waals surface area contributed by atoms with E-state index in [-0.39, 0.29) is 12.4 Å². The predicted molar refractivity (Wildman–Crippen MR) is 55.7 cm³/mol. The monoisotopic (exact) mass is 238 g/mol. The van der Waals surface area contributed by atoms with Gasteiger partial charge in [0, 0.05) is 19.4 Å². The Morgan fingerprint density at radius 2 is 2.29 bits per heavy atom. The zero-order valence-corrected chi connectivity index (χ0v) is 9.22. The molecule has 0 aliphatic rings. The molecule has 17 heavy (non-hydrogen) atoms. The van der Waals surface area contributed by atoms with Crippen LogP contribution in [0.4, 0.5) is 4.39 Å². The van der Waals surface area contributed by atoms with Gasteiger partial charge in [0.1, 0.15) is 18.9 Å². The summed E-state index contributed by atoms with van der Waals surface area (Å²) in [7, 11) is 1.56. The third-order valence-corrected chi connectivity index (χ3v) is 1.99. The van der Waals surface area contributed by atoms with Gasteiger partial charge in [0.05, 0.1) is 0 Å². The van der Waals surface area contributed by atoms with Gasteiger partial charge in [-0.3, -0.25) is 0 Å². The van der Waals surface area contributed by atoms with Crippen molar-refractivity contribution in [2.75, 3.05) is 7.11 Å². The van der Waals surface area contributed by atoms with Gasteiger partial charge in [-0.25, -0.2) is 4.98 Å². The largest absolute Gasteiger partial charge is 0.482 e. The zero-order chi connectivity index (χ0) is 12.1. The molecule has 2 aromatic rings. The lowest BCUT2D eigenvalue weighted by Crippen LogP contribution is -1.98. The molecule has 0 aliphatic carbocycles. The Hall–Kier alpha value is -1.95. The van der Waals surface area contributed by atoms with Crippen LogP contribution in [-0.2, 0) is 18.0 Å². The Labute approximate surface area is 97.2 Å². The number of nitrogens with zero attached hydrogens (tertiary/aromatic N) is 2. The van der Waals surface area contributed by atoms with Crippen LogP contribution in [-0.4, -0.2) is 17.3 Å². The van der Waals surface area contributed by atoms with Crippen molar-refractivity contribution < 1.29 is 18.4 Å². The van der Waals surface area contributed by atoms with Crippen molar-refractivity contribution in [1.82, 2.24) is 10.1 Å². The molecule has 0 atom stereocenters. The second kappa shape index (κ2) is 5.40. The van der Waals surface area contributed by atoms with Crippen LogP contribution in [0.1, 0.15) is 11.5 Å². The average molecular weight is 238 g/mol. The van der Waals surface area contributed by atoms with Gasteiger partial charge < -0.3 is 14.0 Å². The quantitative estimate of drug-likeness (QED) is 0.745. The average Bonchev–Trinajstić information content (AvgIpc) is 2.76. The molecule has 5 nitrogen and oxygen atoms in total. The Bertz CT molecular complexity index is 487. The van der Waals surface area contributed by atoms with Crippen molar-refractivity contribution in [2.24, 2.45) is 0 Å². The van der Waals surface area contributed by atoms with Crippen molar-refractivity contribution in [3.63, 3.8) is 0 Å². The highest BCUT2D eigenvalue weighted by atomic mass is 19.1. The third kappa shape index (κ3) is 3.01. The Morgan fingerprint density at radius 3 is 3.06 bits per heavy atom. The number of hydrogen-bond acceptors (Lipinski definition) is 5. The van der Waals surface area contributed by atoms with Gasteiger partial charge >= 0.3 is 0 Å². The smallest absolute Gasteiger partial charge is 0.255 e. The van der Waals surface area contributed by atoms with Crippen molar-refractivity contribution in [2.45, 2.75) is 13.2 Å². The van der Waals surface area contributed by atoms with Gasteiger partial charge in [-0.2, -0.15) is 4.39 Å². The number of pyridine rings is 1. The molecule has 0 fully saturated rings. The van der Waals surface area contributed by atoms with Gasteiger partial charge in [-0.05, 0) is 12.1 Å². The minimum atomic E-state index is -0.645. The van der Waals surface area contributed by atoms with E-state index < -0.39 is 5.95 Å². The van der Waals surface area contributed by atoms with Crippen LogP contribution in [0, 0.1) is 5.95 Å². The molecular weight excluding hydrogens is 227 g/mol. The fraction of sp³-hybridized carbons (Fsp3) is 0.273. The topological polar surface area (TPSA) is 57.4 Å². The molecule has 2 heterocycles. The van der Waals surface area contributed by atoms with Crippen molar-refractivity contribution in [3.8, 4) is 5.75 Å². The molecule has 0 bridgehead atoms. The normalized spacial score (nSPS) is 10.5. The highest BCUT2D eigenvalue weighted by Gasteiger charge is 2.07. The fourth-order valence-electron chi connectivity index (χ4n) is 1.26. The Kier molecular flexibility index (Phi) is 3.66. The van der Waals surface area contributed by atoms with Crippen molar-refractivity contribution in [3.05, 3.63) is 41.8 Å². The molecule has 0 radical (unpaired) electrons. The minimum Gasteiger partial charge on any atom is -0.482 e. The maximum absolute atomic E-state index is 13.1. The molecule has 6 heteroatoms. The lowest BCUT2D eigenvalue weighted by atomic mass is 10.4. The van der Waals surface area contributed by atoms with E-state index in [9.17, 15) is 4.39 Å². The third-order valence-electron chi connectivity index (χ3n) is 1.99. The summed E-state index contributed by atoms with van der Waals surface area (Å²) in [4.78, 5) is 3.47. The highest BCUT2D eigenvalue weighted by Crippen LogP contribution is 2.15. The van der Waals surface area contributed by atoms with Crippen LogP contribution in [0.3, 0.4) is 0 Å². The molecule has 0 aromatic carbocycles. The van der Waals surface area contributed by atoms with E-state index in [1.165, 1.54) is 12.3 Å². The van der Waals surface area contributed by atoms with Gasteiger partial charge in [-0.15, -0.1) is 0 Å². The van der Waals surface area contributed by atoms with E-state index in [1.54, 1.807) is 19.2 Å². The number of rotatable bonds is 5. The standard InChI is InChI=1S/C11H11FN2O3/c1-15-7-9-5-8(14-17-9)6-16-10-3-2-4-13-11(10)12/h2-5H,6-7H2,1H3. The van der Waals surface area contributed by atoms with E-state index in [4.69, 9.17) is 14.0 Å². The molecular formula is C11H11FN2O3. The van der Waals surface area contributed by atoms with E-state index in [2.05, 4.69) is 10.1 Å². The molecule has 0 unspecified atom stereocenters. The predicted octanol–water partition coefficient (Wildman–Crippen LogP) is 1.93. The minimum absolute atomic E-state index is 0.0868. The summed E-state index contributed by atoms with van der Waals surface area (Å²) in [6.07, 6.45) is 1.36. The van der Waals surface area contributed by atoms with E-state index in [0.29, 0.717) is 18.1 Å². The van der Waals surface area contributed by atoms with E-state index >= 15 is 0 Å². The summed E-state index contributed by atoms with van der Waals surface area (Å²) >= 11 is 0. The van der Waals surface area contributed by atoms with E-state index in [0.717, 1.165) is 0 Å². The fourth-order valence-corrected chi connectivity index (χ4v) is 1.26. The Balaban J connectivity index is 1.95. The number of methoxy groups -OCH3 is 1. The molecule has 0 N–H and O–H groups in total. The van der Waals surface area contributed by atoms with Crippen LogP contribution in [0.2, 0.25) is 0 Å². The van der Waals surface area contributed by atoms with Crippen LogP contribution < -0.4 is 4.74 Å². The summed E-state index contributed by atoms with van der Waals surface area (Å²) in [5, 5.41) is 3.76. The molecule has 2 aromatic heterocycles. The first kappa shape index (κ1) is 11.5. The Morgan fingerprint density at radius 1 is 1.41 bits per heavy atom.